The van der Waals surface area contributed by atoms with Gasteiger partial charge in [0.05, 0.1) is 0 Å². The molecule has 102 valence electrons. The van der Waals surface area contributed by atoms with Gasteiger partial charge in [-0.15, -0.1) is 11.3 Å². The number of hydrogen-bond acceptors (Lipinski definition) is 3. The maximum absolute atomic E-state index is 5.69. The first-order valence-corrected chi connectivity index (χ1v) is 7.73. The first kappa shape index (κ1) is 14.3. The van der Waals surface area contributed by atoms with Gasteiger partial charge in [-0.3, -0.25) is 4.90 Å². The van der Waals surface area contributed by atoms with Gasteiger partial charge >= 0.3 is 0 Å². The van der Waals surface area contributed by atoms with E-state index < -0.39 is 0 Å². The molecule has 0 bridgehead atoms. The molecule has 2 rings (SSSR count). The summed E-state index contributed by atoms with van der Waals surface area (Å²) in [5, 5.41) is 2.14. The molecule has 2 nitrogen and oxygen atoms in total. The van der Waals surface area contributed by atoms with Crippen LogP contribution in [-0.4, -0.2) is 18.0 Å². The van der Waals surface area contributed by atoms with Crippen molar-refractivity contribution in [3.63, 3.8) is 0 Å². The predicted octanol–water partition coefficient (Wildman–Crippen LogP) is 3.27. The monoisotopic (exact) mass is 274 g/mol. The first-order valence-electron chi connectivity index (χ1n) is 6.85. The summed E-state index contributed by atoms with van der Waals surface area (Å²) in [7, 11) is 0. The van der Waals surface area contributed by atoms with Gasteiger partial charge < -0.3 is 5.73 Å². The van der Waals surface area contributed by atoms with E-state index >= 15 is 0 Å². The summed E-state index contributed by atoms with van der Waals surface area (Å²) in [6.07, 6.45) is 0.965. The molecule has 0 unspecified atom stereocenters. The Morgan fingerprint density at radius 3 is 2.47 bits per heavy atom. The van der Waals surface area contributed by atoms with Crippen LogP contribution in [0.1, 0.15) is 22.9 Å². The molecule has 2 N–H and O–H groups in total. The molecule has 0 amide bonds. The zero-order valence-corrected chi connectivity index (χ0v) is 12.3. The quantitative estimate of drug-likeness (QED) is 0.839. The standard InChI is InChI=1S/C16H22N2S/c1-2-18(13-16-8-5-11-19-16)12-15-7-4-3-6-14(15)9-10-17/h3-8,11H,2,9-10,12-13,17H2,1H3. The van der Waals surface area contributed by atoms with E-state index in [1.165, 1.54) is 16.0 Å². The van der Waals surface area contributed by atoms with Gasteiger partial charge in [0.25, 0.3) is 0 Å². The predicted molar refractivity (Wildman–Crippen MR) is 83.3 cm³/mol. The maximum Gasteiger partial charge on any atom is 0.0331 e. The number of rotatable bonds is 7. The zero-order chi connectivity index (χ0) is 13.5. The van der Waals surface area contributed by atoms with Gasteiger partial charge in [-0.25, -0.2) is 0 Å². The van der Waals surface area contributed by atoms with Crippen LogP contribution in [0.15, 0.2) is 41.8 Å². The number of hydrogen-bond donors (Lipinski definition) is 1. The summed E-state index contributed by atoms with van der Waals surface area (Å²) in [6, 6.07) is 13.0. The molecule has 0 saturated heterocycles. The molecule has 1 heterocycles. The Kier molecular flexibility index (Phi) is 5.58. The Balaban J connectivity index is 2.05. The second-order valence-electron chi connectivity index (χ2n) is 4.69. The Hall–Kier alpha value is -1.16. The van der Waals surface area contributed by atoms with Gasteiger partial charge in [-0.1, -0.05) is 37.3 Å². The highest BCUT2D eigenvalue weighted by Crippen LogP contribution is 2.16. The molecule has 3 heteroatoms. The van der Waals surface area contributed by atoms with Gasteiger partial charge in [-0.2, -0.15) is 0 Å². The Morgan fingerprint density at radius 1 is 1.05 bits per heavy atom. The zero-order valence-electron chi connectivity index (χ0n) is 11.5. The summed E-state index contributed by atoms with van der Waals surface area (Å²) in [5.74, 6) is 0. The maximum atomic E-state index is 5.69. The average Bonchev–Trinajstić information content (AvgIpc) is 2.93. The van der Waals surface area contributed by atoms with Gasteiger partial charge in [0, 0.05) is 18.0 Å². The summed E-state index contributed by atoms with van der Waals surface area (Å²) in [4.78, 5) is 3.90. The lowest BCUT2D eigenvalue weighted by molar-refractivity contribution is 0.273. The third-order valence-corrected chi connectivity index (χ3v) is 4.19. The minimum Gasteiger partial charge on any atom is -0.330 e. The highest BCUT2D eigenvalue weighted by Gasteiger charge is 2.08. The van der Waals surface area contributed by atoms with Crippen molar-refractivity contribution in [2.45, 2.75) is 26.4 Å². The number of thiophene rings is 1. The van der Waals surface area contributed by atoms with Crippen molar-refractivity contribution in [2.75, 3.05) is 13.1 Å². The Bertz CT molecular complexity index is 479. The van der Waals surface area contributed by atoms with Crippen LogP contribution >= 0.6 is 11.3 Å². The largest absolute Gasteiger partial charge is 0.330 e. The van der Waals surface area contributed by atoms with Crippen molar-refractivity contribution in [2.24, 2.45) is 5.73 Å². The molecule has 0 aliphatic carbocycles. The van der Waals surface area contributed by atoms with E-state index in [0.717, 1.165) is 26.1 Å². The highest BCUT2D eigenvalue weighted by molar-refractivity contribution is 7.09. The fraction of sp³-hybridized carbons (Fsp3) is 0.375. The van der Waals surface area contributed by atoms with E-state index in [9.17, 15) is 0 Å². The van der Waals surface area contributed by atoms with Crippen molar-refractivity contribution < 1.29 is 0 Å². The molecule has 0 atom stereocenters. The third-order valence-electron chi connectivity index (χ3n) is 3.33. The molecule has 19 heavy (non-hydrogen) atoms. The molecule has 0 radical (unpaired) electrons. The lowest BCUT2D eigenvalue weighted by Crippen LogP contribution is -2.22. The molecule has 0 spiro atoms. The number of nitrogens with zero attached hydrogens (tertiary/aromatic N) is 1. The molecular formula is C16H22N2S. The van der Waals surface area contributed by atoms with Crippen molar-refractivity contribution in [3.8, 4) is 0 Å². The van der Waals surface area contributed by atoms with Crippen molar-refractivity contribution >= 4 is 11.3 Å². The van der Waals surface area contributed by atoms with Gasteiger partial charge in [-0.05, 0) is 42.1 Å². The average molecular weight is 274 g/mol. The Labute approximate surface area is 119 Å². The van der Waals surface area contributed by atoms with Gasteiger partial charge in [0.1, 0.15) is 0 Å². The molecule has 2 aromatic rings. The van der Waals surface area contributed by atoms with Crippen molar-refractivity contribution in [1.82, 2.24) is 4.90 Å². The summed E-state index contributed by atoms with van der Waals surface area (Å²) >= 11 is 1.83. The smallest absolute Gasteiger partial charge is 0.0331 e. The van der Waals surface area contributed by atoms with Crippen LogP contribution in [-0.2, 0) is 19.5 Å². The van der Waals surface area contributed by atoms with E-state index in [1.54, 1.807) is 0 Å². The van der Waals surface area contributed by atoms with Crippen LogP contribution in [0.5, 0.6) is 0 Å². The minimum absolute atomic E-state index is 0.716. The van der Waals surface area contributed by atoms with E-state index in [0.29, 0.717) is 6.54 Å². The van der Waals surface area contributed by atoms with E-state index in [4.69, 9.17) is 5.73 Å². The second kappa shape index (κ2) is 7.43. The van der Waals surface area contributed by atoms with E-state index in [2.05, 4.69) is 53.6 Å². The van der Waals surface area contributed by atoms with Crippen molar-refractivity contribution in [1.29, 1.82) is 0 Å². The summed E-state index contributed by atoms with van der Waals surface area (Å²) < 4.78 is 0. The van der Waals surface area contributed by atoms with Crippen LogP contribution in [0.2, 0.25) is 0 Å². The lowest BCUT2D eigenvalue weighted by atomic mass is 10.0. The lowest BCUT2D eigenvalue weighted by Gasteiger charge is -2.21. The third kappa shape index (κ3) is 4.16. The van der Waals surface area contributed by atoms with Gasteiger partial charge in [0.2, 0.25) is 0 Å². The van der Waals surface area contributed by atoms with Crippen LogP contribution in [0, 0.1) is 0 Å². The fourth-order valence-electron chi connectivity index (χ4n) is 2.25. The summed E-state index contributed by atoms with van der Waals surface area (Å²) in [5.41, 5.74) is 8.48. The van der Waals surface area contributed by atoms with E-state index in [1.807, 2.05) is 11.3 Å². The molecule has 0 fully saturated rings. The minimum atomic E-state index is 0.716. The Morgan fingerprint density at radius 2 is 1.84 bits per heavy atom. The normalized spacial score (nSPS) is 11.1. The van der Waals surface area contributed by atoms with Crippen LogP contribution in [0.4, 0.5) is 0 Å². The summed E-state index contributed by atoms with van der Waals surface area (Å²) in [6.45, 7) is 6.04. The molecule has 0 aliphatic rings. The molecule has 0 aliphatic heterocycles. The molecule has 1 aromatic carbocycles. The molecular weight excluding hydrogens is 252 g/mol. The van der Waals surface area contributed by atoms with Crippen LogP contribution in [0.3, 0.4) is 0 Å². The number of nitrogens with two attached hydrogens (primary N) is 1. The molecule has 1 aromatic heterocycles. The van der Waals surface area contributed by atoms with Gasteiger partial charge in [0.15, 0.2) is 0 Å². The van der Waals surface area contributed by atoms with E-state index in [-0.39, 0.29) is 0 Å². The van der Waals surface area contributed by atoms with Crippen molar-refractivity contribution in [3.05, 3.63) is 57.8 Å². The fourth-order valence-corrected chi connectivity index (χ4v) is 3.00. The second-order valence-corrected chi connectivity index (χ2v) is 5.72. The number of benzene rings is 1. The topological polar surface area (TPSA) is 29.3 Å². The molecule has 0 saturated carbocycles. The SMILES string of the molecule is CCN(Cc1cccs1)Cc1ccccc1CCN. The van der Waals surface area contributed by atoms with Crippen LogP contribution < -0.4 is 5.73 Å². The highest BCUT2D eigenvalue weighted by atomic mass is 32.1. The first-order chi connectivity index (χ1) is 9.33. The van der Waals surface area contributed by atoms with Crippen LogP contribution in [0.25, 0.3) is 0 Å².